The van der Waals surface area contributed by atoms with Crippen molar-refractivity contribution in [3.8, 4) is 11.5 Å². The zero-order chi connectivity index (χ0) is 15.0. The number of methoxy groups -OCH3 is 2. The first kappa shape index (κ1) is 16.3. The molecule has 0 aliphatic heterocycles. The van der Waals surface area contributed by atoms with Crippen LogP contribution in [0.15, 0.2) is 18.2 Å². The maximum absolute atomic E-state index is 11.6. The van der Waals surface area contributed by atoms with Gasteiger partial charge in [-0.1, -0.05) is 32.3 Å². The molecular weight excluding hydrogens is 256 g/mol. The summed E-state index contributed by atoms with van der Waals surface area (Å²) < 4.78 is 10.1. The van der Waals surface area contributed by atoms with E-state index in [4.69, 9.17) is 9.47 Å². The Labute approximate surface area is 120 Å². The molecule has 1 aromatic rings. The molecular formula is C16H24O4. The summed E-state index contributed by atoms with van der Waals surface area (Å²) in [6.45, 7) is 2.15. The van der Waals surface area contributed by atoms with Gasteiger partial charge in [-0.3, -0.25) is 4.79 Å². The Morgan fingerprint density at radius 3 is 2.65 bits per heavy atom. The minimum absolute atomic E-state index is 0.0598. The van der Waals surface area contributed by atoms with E-state index >= 15 is 0 Å². The van der Waals surface area contributed by atoms with E-state index in [1.165, 1.54) is 7.11 Å². The Hall–Kier alpha value is -1.71. The highest BCUT2D eigenvalue weighted by molar-refractivity contribution is 5.70. The van der Waals surface area contributed by atoms with Crippen molar-refractivity contribution in [3.63, 3.8) is 0 Å². The number of benzene rings is 1. The SMILES string of the molecule is CCCCCC(CC(=O)OC)c1ccc(O)cc1OC. The zero-order valence-electron chi connectivity index (χ0n) is 12.5. The van der Waals surface area contributed by atoms with Crippen molar-refractivity contribution >= 4 is 5.97 Å². The second-order valence-corrected chi connectivity index (χ2v) is 4.90. The third-order valence-corrected chi connectivity index (χ3v) is 3.45. The van der Waals surface area contributed by atoms with Crippen molar-refractivity contribution in [1.29, 1.82) is 0 Å². The molecule has 0 saturated heterocycles. The van der Waals surface area contributed by atoms with Gasteiger partial charge >= 0.3 is 5.97 Å². The Bertz CT molecular complexity index is 428. The quantitative estimate of drug-likeness (QED) is 0.583. The maximum Gasteiger partial charge on any atom is 0.306 e. The first-order valence-electron chi connectivity index (χ1n) is 7.06. The minimum Gasteiger partial charge on any atom is -0.508 e. The van der Waals surface area contributed by atoms with Crippen LogP contribution in [0.3, 0.4) is 0 Å². The lowest BCUT2D eigenvalue weighted by molar-refractivity contribution is -0.141. The first-order chi connectivity index (χ1) is 9.62. The summed E-state index contributed by atoms with van der Waals surface area (Å²) in [6.07, 6.45) is 4.57. The van der Waals surface area contributed by atoms with Gasteiger partial charge in [-0.05, 0) is 24.0 Å². The summed E-state index contributed by atoms with van der Waals surface area (Å²) in [4.78, 5) is 11.6. The number of hydrogen-bond donors (Lipinski definition) is 1. The molecule has 20 heavy (non-hydrogen) atoms. The van der Waals surface area contributed by atoms with Crippen LogP contribution in [0.4, 0.5) is 0 Å². The van der Waals surface area contributed by atoms with E-state index < -0.39 is 0 Å². The van der Waals surface area contributed by atoms with E-state index in [0.29, 0.717) is 12.2 Å². The Morgan fingerprint density at radius 2 is 2.05 bits per heavy atom. The fourth-order valence-electron chi connectivity index (χ4n) is 2.33. The van der Waals surface area contributed by atoms with Crippen molar-refractivity contribution in [2.75, 3.05) is 14.2 Å². The lowest BCUT2D eigenvalue weighted by atomic mass is 9.89. The number of hydrogen-bond acceptors (Lipinski definition) is 4. The molecule has 0 aliphatic carbocycles. The van der Waals surface area contributed by atoms with Gasteiger partial charge in [0.15, 0.2) is 0 Å². The number of rotatable bonds is 8. The monoisotopic (exact) mass is 280 g/mol. The number of carbonyl (C=O) groups is 1. The van der Waals surface area contributed by atoms with Gasteiger partial charge in [0.2, 0.25) is 0 Å². The summed E-state index contributed by atoms with van der Waals surface area (Å²) >= 11 is 0. The molecule has 0 amide bonds. The molecule has 0 spiro atoms. The van der Waals surface area contributed by atoms with Crippen LogP contribution in [-0.2, 0) is 9.53 Å². The van der Waals surface area contributed by atoms with E-state index in [9.17, 15) is 9.90 Å². The van der Waals surface area contributed by atoms with Crippen LogP contribution in [-0.4, -0.2) is 25.3 Å². The molecule has 1 rings (SSSR count). The Kier molecular flexibility index (Phi) is 6.91. The summed E-state index contributed by atoms with van der Waals surface area (Å²) in [6, 6.07) is 5.04. The number of phenols is 1. The van der Waals surface area contributed by atoms with E-state index in [-0.39, 0.29) is 17.6 Å². The maximum atomic E-state index is 11.6. The second kappa shape index (κ2) is 8.46. The van der Waals surface area contributed by atoms with Gasteiger partial charge in [0.1, 0.15) is 11.5 Å². The summed E-state index contributed by atoms with van der Waals surface area (Å²) in [5.41, 5.74) is 0.951. The van der Waals surface area contributed by atoms with Crippen LogP contribution >= 0.6 is 0 Å². The summed E-state index contributed by atoms with van der Waals surface area (Å²) in [5.74, 6) is 0.623. The molecule has 0 heterocycles. The second-order valence-electron chi connectivity index (χ2n) is 4.90. The van der Waals surface area contributed by atoms with Crippen molar-refractivity contribution < 1.29 is 19.4 Å². The van der Waals surface area contributed by atoms with E-state index in [1.807, 2.05) is 6.07 Å². The summed E-state index contributed by atoms with van der Waals surface area (Å²) in [7, 11) is 2.97. The average molecular weight is 280 g/mol. The molecule has 0 bridgehead atoms. The van der Waals surface area contributed by atoms with Crippen LogP contribution in [0, 0.1) is 0 Å². The Balaban J connectivity index is 2.92. The number of ether oxygens (including phenoxy) is 2. The average Bonchev–Trinajstić information content (AvgIpc) is 2.46. The lowest BCUT2D eigenvalue weighted by Crippen LogP contribution is -2.10. The van der Waals surface area contributed by atoms with E-state index in [0.717, 1.165) is 31.2 Å². The molecule has 1 aromatic carbocycles. The van der Waals surface area contributed by atoms with E-state index in [2.05, 4.69) is 6.92 Å². The van der Waals surface area contributed by atoms with Crippen molar-refractivity contribution in [2.45, 2.75) is 44.9 Å². The van der Waals surface area contributed by atoms with E-state index in [1.54, 1.807) is 19.2 Å². The zero-order valence-corrected chi connectivity index (χ0v) is 12.5. The fraction of sp³-hybridized carbons (Fsp3) is 0.562. The number of aromatic hydroxyl groups is 1. The van der Waals surface area contributed by atoms with Crippen molar-refractivity contribution in [3.05, 3.63) is 23.8 Å². The van der Waals surface area contributed by atoms with Gasteiger partial charge in [0.05, 0.1) is 20.6 Å². The van der Waals surface area contributed by atoms with Gasteiger partial charge < -0.3 is 14.6 Å². The molecule has 0 aliphatic rings. The Morgan fingerprint density at radius 1 is 1.30 bits per heavy atom. The number of esters is 1. The number of phenolic OH excluding ortho intramolecular Hbond substituents is 1. The highest BCUT2D eigenvalue weighted by Gasteiger charge is 2.20. The van der Waals surface area contributed by atoms with Gasteiger partial charge in [-0.15, -0.1) is 0 Å². The molecule has 1 atom stereocenters. The van der Waals surface area contributed by atoms with Gasteiger partial charge in [0, 0.05) is 6.07 Å². The number of carbonyl (C=O) groups excluding carboxylic acids is 1. The van der Waals surface area contributed by atoms with Crippen LogP contribution in [0.1, 0.15) is 50.5 Å². The third kappa shape index (κ3) is 4.76. The minimum atomic E-state index is -0.221. The van der Waals surface area contributed by atoms with Gasteiger partial charge in [-0.25, -0.2) is 0 Å². The largest absolute Gasteiger partial charge is 0.508 e. The molecule has 1 unspecified atom stereocenters. The molecule has 4 heteroatoms. The highest BCUT2D eigenvalue weighted by atomic mass is 16.5. The predicted molar refractivity (Wildman–Crippen MR) is 78.2 cm³/mol. The van der Waals surface area contributed by atoms with Gasteiger partial charge in [0.25, 0.3) is 0 Å². The molecule has 1 N–H and O–H groups in total. The lowest BCUT2D eigenvalue weighted by Gasteiger charge is -2.19. The molecule has 112 valence electrons. The molecule has 0 saturated carbocycles. The molecule has 0 fully saturated rings. The van der Waals surface area contributed by atoms with Crippen LogP contribution in [0.2, 0.25) is 0 Å². The third-order valence-electron chi connectivity index (χ3n) is 3.45. The fourth-order valence-corrected chi connectivity index (χ4v) is 2.33. The van der Waals surface area contributed by atoms with Crippen LogP contribution < -0.4 is 4.74 Å². The van der Waals surface area contributed by atoms with Crippen molar-refractivity contribution in [2.24, 2.45) is 0 Å². The predicted octanol–water partition coefficient (Wildman–Crippen LogP) is 3.63. The smallest absolute Gasteiger partial charge is 0.306 e. The van der Waals surface area contributed by atoms with Crippen molar-refractivity contribution in [1.82, 2.24) is 0 Å². The van der Waals surface area contributed by atoms with Crippen LogP contribution in [0.25, 0.3) is 0 Å². The molecule has 0 radical (unpaired) electrons. The molecule has 0 aromatic heterocycles. The molecule has 4 nitrogen and oxygen atoms in total. The highest BCUT2D eigenvalue weighted by Crippen LogP contribution is 2.35. The first-order valence-corrected chi connectivity index (χ1v) is 7.06. The topological polar surface area (TPSA) is 55.8 Å². The van der Waals surface area contributed by atoms with Crippen LogP contribution in [0.5, 0.6) is 11.5 Å². The van der Waals surface area contributed by atoms with Gasteiger partial charge in [-0.2, -0.15) is 0 Å². The summed E-state index contributed by atoms with van der Waals surface area (Å²) in [5, 5.41) is 9.52. The normalized spacial score (nSPS) is 11.9. The number of unbranched alkanes of at least 4 members (excludes halogenated alkanes) is 2. The standard InChI is InChI=1S/C16H24O4/c1-4-5-6-7-12(10-16(18)20-3)14-9-8-13(17)11-15(14)19-2/h8-9,11-12,17H,4-7,10H2,1-3H3.